The molecule has 0 spiro atoms. The number of hydrogen-bond acceptors (Lipinski definition) is 4. The van der Waals surface area contributed by atoms with Gasteiger partial charge in [-0.15, -0.1) is 0 Å². The molecule has 170 valence electrons. The molecule has 0 bridgehead atoms. The molecule has 2 heterocycles. The molecule has 0 aliphatic carbocycles. The highest BCUT2D eigenvalue weighted by molar-refractivity contribution is 5.78. The van der Waals surface area contributed by atoms with Crippen molar-refractivity contribution in [3.05, 3.63) is 59.9 Å². The Kier molecular flexibility index (Phi) is 6.35. The molecule has 6 nitrogen and oxygen atoms in total. The number of anilines is 1. The van der Waals surface area contributed by atoms with E-state index in [0.29, 0.717) is 25.6 Å². The number of nitrogens with one attached hydrogen (secondary N) is 1. The second kappa shape index (κ2) is 9.18. The number of benzene rings is 2. The number of rotatable bonds is 5. The van der Waals surface area contributed by atoms with Crippen LogP contribution in [-0.2, 0) is 11.3 Å². The fourth-order valence-corrected chi connectivity index (χ4v) is 4.15. The van der Waals surface area contributed by atoms with Crippen LogP contribution in [0.4, 0.5) is 15.1 Å². The molecule has 1 aliphatic heterocycles. The highest BCUT2D eigenvalue weighted by Crippen LogP contribution is 2.24. The molecular weight excluding hydrogens is 407 g/mol. The zero-order valence-electron chi connectivity index (χ0n) is 19.0. The largest absolute Gasteiger partial charge is 0.444 e. The number of amides is 1. The van der Waals surface area contributed by atoms with E-state index in [0.717, 1.165) is 41.9 Å². The third kappa shape index (κ3) is 5.39. The predicted molar refractivity (Wildman–Crippen MR) is 124 cm³/mol. The molecule has 7 heteroatoms. The minimum atomic E-state index is -0.496. The summed E-state index contributed by atoms with van der Waals surface area (Å²) in [6.45, 7) is 8.27. The van der Waals surface area contributed by atoms with E-state index < -0.39 is 5.60 Å². The van der Waals surface area contributed by atoms with Gasteiger partial charge in [0, 0.05) is 19.6 Å². The molecule has 0 radical (unpaired) electrons. The maximum absolute atomic E-state index is 13.7. The van der Waals surface area contributed by atoms with E-state index in [4.69, 9.17) is 9.72 Å². The summed E-state index contributed by atoms with van der Waals surface area (Å²) in [5, 5.41) is 3.49. The van der Waals surface area contributed by atoms with Gasteiger partial charge in [0.1, 0.15) is 11.4 Å². The molecule has 1 N–H and O–H groups in total. The van der Waals surface area contributed by atoms with Crippen molar-refractivity contribution in [2.75, 3.05) is 25.0 Å². The Bertz CT molecular complexity index is 1090. The minimum absolute atomic E-state index is 0.245. The molecule has 32 heavy (non-hydrogen) atoms. The first-order chi connectivity index (χ1) is 15.3. The second-order valence-electron chi connectivity index (χ2n) is 9.46. The summed E-state index contributed by atoms with van der Waals surface area (Å²) in [7, 11) is 0. The van der Waals surface area contributed by atoms with Crippen molar-refractivity contribution in [3.63, 3.8) is 0 Å². The number of para-hydroxylation sites is 2. The first-order valence-electron chi connectivity index (χ1n) is 11.2. The number of ether oxygens (including phenoxy) is 1. The third-order valence-corrected chi connectivity index (χ3v) is 5.60. The van der Waals surface area contributed by atoms with E-state index in [9.17, 15) is 9.18 Å². The van der Waals surface area contributed by atoms with Crippen LogP contribution in [0, 0.1) is 11.7 Å². The molecule has 1 aliphatic rings. The summed E-state index contributed by atoms with van der Waals surface area (Å²) in [5.41, 5.74) is 2.28. The Morgan fingerprint density at radius 2 is 2.03 bits per heavy atom. The lowest BCUT2D eigenvalue weighted by atomic mass is 9.98. The van der Waals surface area contributed by atoms with Crippen LogP contribution in [0.3, 0.4) is 0 Å². The number of halogens is 1. The van der Waals surface area contributed by atoms with Gasteiger partial charge in [-0.1, -0.05) is 24.3 Å². The Morgan fingerprint density at radius 1 is 1.22 bits per heavy atom. The van der Waals surface area contributed by atoms with E-state index >= 15 is 0 Å². The molecule has 1 amide bonds. The molecule has 3 aromatic rings. The number of imidazole rings is 1. The van der Waals surface area contributed by atoms with Gasteiger partial charge in [-0.3, -0.25) is 0 Å². The molecule has 4 rings (SSSR count). The van der Waals surface area contributed by atoms with Gasteiger partial charge >= 0.3 is 6.09 Å². The summed E-state index contributed by atoms with van der Waals surface area (Å²) in [5.74, 6) is 0.814. The normalized spacial score (nSPS) is 16.9. The van der Waals surface area contributed by atoms with Gasteiger partial charge in [0.05, 0.1) is 17.6 Å². The summed E-state index contributed by atoms with van der Waals surface area (Å²) in [6.07, 6.45) is 1.74. The Labute approximate surface area is 188 Å². The molecular formula is C25H31FN4O2. The Hall–Kier alpha value is -3.09. The highest BCUT2D eigenvalue weighted by atomic mass is 19.1. The lowest BCUT2D eigenvalue weighted by Crippen LogP contribution is -2.44. The van der Waals surface area contributed by atoms with Crippen molar-refractivity contribution >= 4 is 23.1 Å². The van der Waals surface area contributed by atoms with Crippen molar-refractivity contribution in [1.29, 1.82) is 0 Å². The lowest BCUT2D eigenvalue weighted by molar-refractivity contribution is 0.0172. The average Bonchev–Trinajstić information content (AvgIpc) is 3.09. The number of carbonyl (C=O) groups is 1. The Morgan fingerprint density at radius 3 is 2.81 bits per heavy atom. The summed E-state index contributed by atoms with van der Waals surface area (Å²) < 4.78 is 21.3. The fraction of sp³-hybridized carbons (Fsp3) is 0.440. The topological polar surface area (TPSA) is 59.4 Å². The van der Waals surface area contributed by atoms with E-state index in [-0.39, 0.29) is 11.9 Å². The van der Waals surface area contributed by atoms with Gasteiger partial charge in [-0.2, -0.15) is 0 Å². The van der Waals surface area contributed by atoms with Crippen LogP contribution in [0.25, 0.3) is 11.0 Å². The van der Waals surface area contributed by atoms with Gasteiger partial charge in [-0.25, -0.2) is 14.2 Å². The molecule has 1 saturated heterocycles. The van der Waals surface area contributed by atoms with Crippen LogP contribution in [0.2, 0.25) is 0 Å². The van der Waals surface area contributed by atoms with E-state index in [1.165, 1.54) is 6.07 Å². The standard InChI is InChI=1S/C25H31FN4O2/c1-25(2,3)32-24(31)29-13-7-9-19(16-29)15-27-23-28-21-11-4-5-12-22(21)30(23)17-18-8-6-10-20(26)14-18/h4-6,8,10-12,14,19H,7,9,13,15-17H2,1-3H3,(H,27,28)/t19-/m0/s1. The minimum Gasteiger partial charge on any atom is -0.444 e. The van der Waals surface area contributed by atoms with E-state index in [1.54, 1.807) is 17.0 Å². The number of likely N-dealkylation sites (tertiary alicyclic amines) is 1. The van der Waals surface area contributed by atoms with Gasteiger partial charge < -0.3 is 19.5 Å². The monoisotopic (exact) mass is 438 g/mol. The number of carbonyl (C=O) groups excluding carboxylic acids is 1. The van der Waals surface area contributed by atoms with Gasteiger partial charge in [0.25, 0.3) is 0 Å². The second-order valence-corrected chi connectivity index (χ2v) is 9.46. The van der Waals surface area contributed by atoms with Crippen LogP contribution in [0.15, 0.2) is 48.5 Å². The van der Waals surface area contributed by atoms with Gasteiger partial charge in [0.15, 0.2) is 0 Å². The highest BCUT2D eigenvalue weighted by Gasteiger charge is 2.27. The molecule has 2 aromatic carbocycles. The van der Waals surface area contributed by atoms with E-state index in [2.05, 4.69) is 9.88 Å². The van der Waals surface area contributed by atoms with E-state index in [1.807, 2.05) is 51.1 Å². The summed E-state index contributed by atoms with van der Waals surface area (Å²) >= 11 is 0. The first kappa shape index (κ1) is 22.1. The van der Waals surface area contributed by atoms with Crippen molar-refractivity contribution < 1.29 is 13.9 Å². The number of aromatic nitrogens is 2. The maximum atomic E-state index is 13.7. The third-order valence-electron chi connectivity index (χ3n) is 5.60. The number of piperidine rings is 1. The predicted octanol–water partition coefficient (Wildman–Crippen LogP) is 5.28. The van der Waals surface area contributed by atoms with Crippen LogP contribution in [-0.4, -0.2) is 45.8 Å². The van der Waals surface area contributed by atoms with Crippen LogP contribution in [0.1, 0.15) is 39.2 Å². The average molecular weight is 439 g/mol. The number of hydrogen-bond donors (Lipinski definition) is 1. The molecule has 1 atom stereocenters. The zero-order valence-corrected chi connectivity index (χ0v) is 19.0. The number of fused-ring (bicyclic) bond motifs is 1. The smallest absolute Gasteiger partial charge is 0.410 e. The molecule has 1 fully saturated rings. The SMILES string of the molecule is CC(C)(C)OC(=O)N1CCC[C@@H](CNc2nc3ccccc3n2Cc2cccc(F)c2)C1. The van der Waals surface area contributed by atoms with Crippen LogP contribution >= 0.6 is 0 Å². The lowest BCUT2D eigenvalue weighted by Gasteiger charge is -2.34. The van der Waals surface area contributed by atoms with Crippen molar-refractivity contribution in [3.8, 4) is 0 Å². The van der Waals surface area contributed by atoms with Gasteiger partial charge in [-0.05, 0) is 69.4 Å². The Balaban J connectivity index is 1.47. The molecule has 0 unspecified atom stereocenters. The first-order valence-corrected chi connectivity index (χ1v) is 11.2. The quantitative estimate of drug-likeness (QED) is 0.589. The molecule has 0 saturated carbocycles. The van der Waals surface area contributed by atoms with Crippen molar-refractivity contribution in [2.45, 2.75) is 45.8 Å². The van der Waals surface area contributed by atoms with Gasteiger partial charge in [0.2, 0.25) is 5.95 Å². The maximum Gasteiger partial charge on any atom is 0.410 e. The number of nitrogens with zero attached hydrogens (tertiary/aromatic N) is 3. The van der Waals surface area contributed by atoms with Crippen molar-refractivity contribution in [1.82, 2.24) is 14.5 Å². The zero-order chi connectivity index (χ0) is 22.7. The fourth-order valence-electron chi connectivity index (χ4n) is 4.15. The summed E-state index contributed by atoms with van der Waals surface area (Å²) in [4.78, 5) is 19.0. The van der Waals surface area contributed by atoms with Crippen LogP contribution < -0.4 is 5.32 Å². The summed E-state index contributed by atoms with van der Waals surface area (Å²) in [6, 6.07) is 14.6. The van der Waals surface area contributed by atoms with Crippen molar-refractivity contribution in [2.24, 2.45) is 5.92 Å². The van der Waals surface area contributed by atoms with Crippen LogP contribution in [0.5, 0.6) is 0 Å². The molecule has 1 aromatic heterocycles.